The van der Waals surface area contributed by atoms with Crippen molar-refractivity contribution in [3.05, 3.63) is 74.7 Å². The first kappa shape index (κ1) is 18.1. The molecule has 1 atom stereocenters. The highest BCUT2D eigenvalue weighted by molar-refractivity contribution is 9.10. The molecular weight excluding hydrogens is 400 g/mol. The Morgan fingerprint density at radius 3 is 2.69 bits per heavy atom. The lowest BCUT2D eigenvalue weighted by Gasteiger charge is -2.14. The van der Waals surface area contributed by atoms with Gasteiger partial charge in [0.2, 0.25) is 0 Å². The summed E-state index contributed by atoms with van der Waals surface area (Å²) in [4.78, 5) is 28.6. The second-order valence-electron chi connectivity index (χ2n) is 5.84. The lowest BCUT2D eigenvalue weighted by Crippen LogP contribution is -2.26. The molecule has 0 saturated heterocycles. The molecule has 0 radical (unpaired) electrons. The Morgan fingerprint density at radius 2 is 1.96 bits per heavy atom. The molecule has 0 N–H and O–H groups in total. The number of hydrogen-bond acceptors (Lipinski definition) is 5. The van der Waals surface area contributed by atoms with E-state index in [1.54, 1.807) is 31.3 Å². The highest BCUT2D eigenvalue weighted by Gasteiger charge is 2.17. The predicted octanol–water partition coefficient (Wildman–Crippen LogP) is 3.28. The van der Waals surface area contributed by atoms with E-state index in [4.69, 9.17) is 9.47 Å². The zero-order valence-corrected chi connectivity index (χ0v) is 15.9. The number of aryl methyl sites for hydroxylation is 1. The average molecular weight is 417 g/mol. The molecule has 0 aliphatic heterocycles. The molecule has 0 fully saturated rings. The third-order valence-corrected chi connectivity index (χ3v) is 4.21. The van der Waals surface area contributed by atoms with Gasteiger partial charge in [-0.15, -0.1) is 0 Å². The standard InChI is InChI=1S/C19H17BrN2O4/c1-12-3-8-17-21-15(9-18(23)22(17)10-12)11-25-19(24)13(2)26-16-6-4-14(20)5-7-16/h3-10,13H,11H2,1-2H3. The molecule has 3 rings (SSSR count). The van der Waals surface area contributed by atoms with Gasteiger partial charge in [0.25, 0.3) is 5.56 Å². The Morgan fingerprint density at radius 1 is 1.23 bits per heavy atom. The third kappa shape index (κ3) is 4.29. The second-order valence-corrected chi connectivity index (χ2v) is 6.76. The van der Waals surface area contributed by atoms with Crippen LogP contribution in [0.2, 0.25) is 0 Å². The van der Waals surface area contributed by atoms with Crippen LogP contribution in [-0.4, -0.2) is 21.5 Å². The fourth-order valence-corrected chi connectivity index (χ4v) is 2.62. The molecule has 134 valence electrons. The van der Waals surface area contributed by atoms with Gasteiger partial charge in [-0.1, -0.05) is 22.0 Å². The molecule has 7 heteroatoms. The fourth-order valence-electron chi connectivity index (χ4n) is 2.36. The van der Waals surface area contributed by atoms with Gasteiger partial charge in [-0.25, -0.2) is 9.78 Å². The molecule has 6 nitrogen and oxygen atoms in total. The molecule has 1 aromatic carbocycles. The minimum atomic E-state index is -0.777. The minimum Gasteiger partial charge on any atom is -0.479 e. The van der Waals surface area contributed by atoms with Gasteiger partial charge in [0.15, 0.2) is 6.10 Å². The summed E-state index contributed by atoms with van der Waals surface area (Å²) in [7, 11) is 0. The van der Waals surface area contributed by atoms with E-state index < -0.39 is 12.1 Å². The number of hydrogen-bond donors (Lipinski definition) is 0. The number of fused-ring (bicyclic) bond motifs is 1. The maximum Gasteiger partial charge on any atom is 0.347 e. The summed E-state index contributed by atoms with van der Waals surface area (Å²) in [6, 6.07) is 12.1. The summed E-state index contributed by atoms with van der Waals surface area (Å²) in [6.45, 7) is 3.41. The van der Waals surface area contributed by atoms with E-state index in [0.29, 0.717) is 17.1 Å². The molecule has 3 aromatic rings. The molecule has 2 aromatic heterocycles. The summed E-state index contributed by atoms with van der Waals surface area (Å²) < 4.78 is 13.2. The van der Waals surface area contributed by atoms with Crippen molar-refractivity contribution in [2.45, 2.75) is 26.6 Å². The Bertz CT molecular complexity index is 999. The molecule has 0 bridgehead atoms. The van der Waals surface area contributed by atoms with Gasteiger partial charge >= 0.3 is 5.97 Å². The Kier molecular flexibility index (Phi) is 5.37. The van der Waals surface area contributed by atoms with Crippen LogP contribution >= 0.6 is 15.9 Å². The highest BCUT2D eigenvalue weighted by Crippen LogP contribution is 2.17. The smallest absolute Gasteiger partial charge is 0.347 e. The van der Waals surface area contributed by atoms with Gasteiger partial charge in [-0.05, 0) is 49.7 Å². The van der Waals surface area contributed by atoms with Crippen LogP contribution in [0.4, 0.5) is 0 Å². The number of benzene rings is 1. The summed E-state index contributed by atoms with van der Waals surface area (Å²) >= 11 is 3.34. The number of halogens is 1. The number of carbonyl (C=O) groups excluding carboxylic acids is 1. The normalized spacial score (nSPS) is 12.0. The van der Waals surface area contributed by atoms with Crippen molar-refractivity contribution in [2.24, 2.45) is 0 Å². The predicted molar refractivity (Wildman–Crippen MR) is 100 cm³/mol. The number of nitrogens with zero attached hydrogens (tertiary/aromatic N) is 2. The van der Waals surface area contributed by atoms with Gasteiger partial charge < -0.3 is 9.47 Å². The fraction of sp³-hybridized carbons (Fsp3) is 0.211. The molecule has 0 aliphatic carbocycles. The van der Waals surface area contributed by atoms with Crippen molar-refractivity contribution in [1.29, 1.82) is 0 Å². The third-order valence-electron chi connectivity index (χ3n) is 3.68. The summed E-state index contributed by atoms with van der Waals surface area (Å²) in [6.07, 6.45) is 0.939. The van der Waals surface area contributed by atoms with Gasteiger partial charge in [0, 0.05) is 16.7 Å². The van der Waals surface area contributed by atoms with E-state index in [-0.39, 0.29) is 12.2 Å². The van der Waals surface area contributed by atoms with Crippen LogP contribution in [0.15, 0.2) is 57.9 Å². The van der Waals surface area contributed by atoms with Crippen molar-refractivity contribution in [3.8, 4) is 5.75 Å². The Labute approximate surface area is 158 Å². The number of ether oxygens (including phenoxy) is 2. The van der Waals surface area contributed by atoms with Crippen LogP contribution < -0.4 is 10.3 Å². The highest BCUT2D eigenvalue weighted by atomic mass is 79.9. The van der Waals surface area contributed by atoms with Crippen molar-refractivity contribution < 1.29 is 14.3 Å². The molecular formula is C19H17BrN2O4. The number of pyridine rings is 1. The molecule has 0 aliphatic rings. The largest absolute Gasteiger partial charge is 0.479 e. The monoisotopic (exact) mass is 416 g/mol. The van der Waals surface area contributed by atoms with E-state index >= 15 is 0 Å². The summed E-state index contributed by atoms with van der Waals surface area (Å²) in [5.41, 5.74) is 1.64. The van der Waals surface area contributed by atoms with Crippen LogP contribution in [0.25, 0.3) is 5.65 Å². The van der Waals surface area contributed by atoms with Gasteiger partial charge in [-0.2, -0.15) is 0 Å². The first-order valence-corrected chi connectivity index (χ1v) is 8.79. The Hall–Kier alpha value is -2.67. The van der Waals surface area contributed by atoms with Crippen molar-refractivity contribution >= 4 is 27.5 Å². The van der Waals surface area contributed by atoms with Crippen LogP contribution in [-0.2, 0) is 16.1 Å². The summed E-state index contributed by atoms with van der Waals surface area (Å²) in [5.74, 6) is 0.0360. The van der Waals surface area contributed by atoms with E-state index in [1.807, 2.05) is 25.1 Å². The lowest BCUT2D eigenvalue weighted by molar-refractivity contribution is -0.152. The van der Waals surface area contributed by atoms with Crippen LogP contribution in [0.5, 0.6) is 5.75 Å². The summed E-state index contributed by atoms with van der Waals surface area (Å²) in [5, 5.41) is 0. The van der Waals surface area contributed by atoms with Gasteiger partial charge in [0.1, 0.15) is 18.0 Å². The molecule has 0 spiro atoms. The van der Waals surface area contributed by atoms with Crippen molar-refractivity contribution in [2.75, 3.05) is 0 Å². The molecule has 1 unspecified atom stereocenters. The van der Waals surface area contributed by atoms with E-state index in [0.717, 1.165) is 10.0 Å². The first-order valence-electron chi connectivity index (χ1n) is 8.00. The molecule has 0 saturated carbocycles. The lowest BCUT2D eigenvalue weighted by atomic mass is 10.3. The van der Waals surface area contributed by atoms with Gasteiger partial charge in [0.05, 0.1) is 5.69 Å². The second kappa shape index (κ2) is 7.70. The topological polar surface area (TPSA) is 69.9 Å². The van der Waals surface area contributed by atoms with Crippen LogP contribution in [0, 0.1) is 6.92 Å². The minimum absolute atomic E-state index is 0.0908. The maximum atomic E-state index is 12.2. The van der Waals surface area contributed by atoms with E-state index in [2.05, 4.69) is 20.9 Å². The van der Waals surface area contributed by atoms with Crippen molar-refractivity contribution in [1.82, 2.24) is 9.38 Å². The first-order chi connectivity index (χ1) is 12.4. The number of carbonyl (C=O) groups is 1. The van der Waals surface area contributed by atoms with Crippen LogP contribution in [0.1, 0.15) is 18.2 Å². The SMILES string of the molecule is Cc1ccc2nc(COC(=O)C(C)Oc3ccc(Br)cc3)cc(=O)n2c1. The molecule has 0 amide bonds. The number of esters is 1. The quantitative estimate of drug-likeness (QED) is 0.596. The number of rotatable bonds is 5. The van der Waals surface area contributed by atoms with Crippen molar-refractivity contribution in [3.63, 3.8) is 0 Å². The van der Waals surface area contributed by atoms with Gasteiger partial charge in [-0.3, -0.25) is 9.20 Å². The Balaban J connectivity index is 1.65. The molecule has 26 heavy (non-hydrogen) atoms. The van der Waals surface area contributed by atoms with E-state index in [9.17, 15) is 9.59 Å². The van der Waals surface area contributed by atoms with Crippen LogP contribution in [0.3, 0.4) is 0 Å². The zero-order chi connectivity index (χ0) is 18.7. The van der Waals surface area contributed by atoms with E-state index in [1.165, 1.54) is 10.5 Å². The number of aromatic nitrogens is 2. The maximum absolute atomic E-state index is 12.2. The zero-order valence-electron chi connectivity index (χ0n) is 14.3. The molecule has 2 heterocycles. The average Bonchev–Trinajstić information content (AvgIpc) is 2.62.